The van der Waals surface area contributed by atoms with E-state index in [-0.39, 0.29) is 0 Å². The van der Waals surface area contributed by atoms with Crippen molar-refractivity contribution in [3.8, 4) is 0 Å². The number of hydrogen-bond donors (Lipinski definition) is 0. The third-order valence-corrected chi connectivity index (χ3v) is 6.47. The third kappa shape index (κ3) is 10.0. The maximum atomic E-state index is 2.56. The van der Waals surface area contributed by atoms with Crippen molar-refractivity contribution in [2.45, 2.75) is 123 Å². The van der Waals surface area contributed by atoms with Crippen LogP contribution in [0.5, 0.6) is 0 Å². The topological polar surface area (TPSA) is 6.48 Å². The van der Waals surface area contributed by atoms with Crippen LogP contribution in [0.4, 0.5) is 0 Å². The van der Waals surface area contributed by atoms with Crippen molar-refractivity contribution in [2.75, 3.05) is 6.54 Å². The molecule has 0 spiro atoms. The van der Waals surface area contributed by atoms with Crippen LogP contribution in [0, 0.1) is 0 Å². The highest BCUT2D eigenvalue weighted by Crippen LogP contribution is 2.24. The molecule has 0 N–H and O–H groups in total. The summed E-state index contributed by atoms with van der Waals surface area (Å²) < 4.78 is 0. The summed E-state index contributed by atoms with van der Waals surface area (Å²) in [7, 11) is 0. The van der Waals surface area contributed by atoms with E-state index in [1.54, 1.807) is 0 Å². The molecule has 1 unspecified atom stereocenters. The van der Waals surface area contributed by atoms with E-state index in [1.807, 2.05) is 0 Å². The maximum absolute atomic E-state index is 2.56. The first-order valence-electron chi connectivity index (χ1n) is 13.1. The Morgan fingerprint density at radius 3 is 1.70 bits per heavy atom. The van der Waals surface area contributed by atoms with E-state index < -0.39 is 0 Å². The van der Waals surface area contributed by atoms with Gasteiger partial charge in [0.15, 0.2) is 0 Å². The van der Waals surface area contributed by atoms with Gasteiger partial charge in [-0.15, -0.1) is 0 Å². The van der Waals surface area contributed by atoms with Gasteiger partial charge in [0.1, 0.15) is 6.17 Å². The molecule has 0 fully saturated rings. The molecule has 0 saturated carbocycles. The number of unbranched alkanes of at least 4 members (excludes halogenated alkanes) is 12. The highest BCUT2D eigenvalue weighted by atomic mass is 15.4. The SMILES string of the molecule is CCCCCCCCCCCCCCCC1N(CCC)C=CN1Cc1ccccc1. The van der Waals surface area contributed by atoms with Crippen molar-refractivity contribution in [3.05, 3.63) is 48.3 Å². The summed E-state index contributed by atoms with van der Waals surface area (Å²) in [6.07, 6.45) is 26.3. The molecule has 0 aromatic heterocycles. The lowest BCUT2D eigenvalue weighted by Crippen LogP contribution is -2.38. The molecule has 1 aromatic rings. The average molecular weight is 413 g/mol. The van der Waals surface area contributed by atoms with Gasteiger partial charge >= 0.3 is 0 Å². The van der Waals surface area contributed by atoms with Crippen LogP contribution in [-0.4, -0.2) is 22.5 Å². The van der Waals surface area contributed by atoms with Crippen LogP contribution < -0.4 is 0 Å². The highest BCUT2D eigenvalue weighted by Gasteiger charge is 2.25. The molecular weight excluding hydrogens is 364 g/mol. The van der Waals surface area contributed by atoms with Crippen LogP contribution in [0.15, 0.2) is 42.7 Å². The van der Waals surface area contributed by atoms with Crippen molar-refractivity contribution in [1.82, 2.24) is 9.80 Å². The van der Waals surface area contributed by atoms with E-state index >= 15 is 0 Å². The fraction of sp³-hybridized carbons (Fsp3) is 0.714. The van der Waals surface area contributed by atoms with Crippen LogP contribution in [0.1, 0.15) is 116 Å². The first kappa shape index (κ1) is 24.8. The molecule has 2 heteroatoms. The Morgan fingerprint density at radius 1 is 0.600 bits per heavy atom. The van der Waals surface area contributed by atoms with Crippen molar-refractivity contribution in [1.29, 1.82) is 0 Å². The number of nitrogens with zero attached hydrogens (tertiary/aromatic N) is 2. The molecule has 1 heterocycles. The molecule has 30 heavy (non-hydrogen) atoms. The molecule has 1 atom stereocenters. The average Bonchev–Trinajstić information content (AvgIpc) is 3.13. The first-order valence-corrected chi connectivity index (χ1v) is 13.1. The molecule has 1 aromatic carbocycles. The molecule has 1 aliphatic rings. The zero-order chi connectivity index (χ0) is 21.3. The molecule has 0 amide bonds. The predicted molar refractivity (Wildman–Crippen MR) is 132 cm³/mol. The van der Waals surface area contributed by atoms with Gasteiger partial charge < -0.3 is 9.80 Å². The number of rotatable bonds is 18. The smallest absolute Gasteiger partial charge is 0.101 e. The Balaban J connectivity index is 1.54. The molecule has 0 bridgehead atoms. The molecule has 0 saturated heterocycles. The Hall–Kier alpha value is -1.44. The van der Waals surface area contributed by atoms with E-state index in [0.717, 1.165) is 6.54 Å². The van der Waals surface area contributed by atoms with Gasteiger partial charge in [0.2, 0.25) is 0 Å². The summed E-state index contributed by atoms with van der Waals surface area (Å²) >= 11 is 0. The van der Waals surface area contributed by atoms with E-state index in [0.29, 0.717) is 6.17 Å². The van der Waals surface area contributed by atoms with E-state index in [2.05, 4.69) is 66.4 Å². The Labute approximate surface area is 187 Å². The van der Waals surface area contributed by atoms with E-state index in [9.17, 15) is 0 Å². The highest BCUT2D eigenvalue weighted by molar-refractivity contribution is 5.15. The normalized spacial score (nSPS) is 16.0. The summed E-state index contributed by atoms with van der Waals surface area (Å²) in [5.74, 6) is 0. The summed E-state index contributed by atoms with van der Waals surface area (Å²) in [5.41, 5.74) is 1.41. The maximum Gasteiger partial charge on any atom is 0.101 e. The minimum Gasteiger partial charge on any atom is -0.356 e. The Bertz CT molecular complexity index is 539. The lowest BCUT2D eigenvalue weighted by atomic mass is 10.0. The lowest BCUT2D eigenvalue weighted by Gasteiger charge is -2.33. The summed E-state index contributed by atoms with van der Waals surface area (Å²) in [4.78, 5) is 5.11. The number of hydrogen-bond acceptors (Lipinski definition) is 2. The second-order valence-corrected chi connectivity index (χ2v) is 9.21. The van der Waals surface area contributed by atoms with Crippen LogP contribution in [-0.2, 0) is 6.54 Å². The largest absolute Gasteiger partial charge is 0.356 e. The van der Waals surface area contributed by atoms with E-state index in [1.165, 1.54) is 108 Å². The summed E-state index contributed by atoms with van der Waals surface area (Å²) in [5, 5.41) is 0. The van der Waals surface area contributed by atoms with Gasteiger partial charge in [-0.3, -0.25) is 0 Å². The molecule has 0 radical (unpaired) electrons. The molecule has 0 aliphatic carbocycles. The minimum atomic E-state index is 0.554. The monoisotopic (exact) mass is 412 g/mol. The van der Waals surface area contributed by atoms with Gasteiger partial charge in [-0.2, -0.15) is 0 Å². The summed E-state index contributed by atoms with van der Waals surface area (Å²) in [6, 6.07) is 10.9. The molecule has 1 aliphatic heterocycles. The fourth-order valence-corrected chi connectivity index (χ4v) is 4.67. The zero-order valence-electron chi connectivity index (χ0n) is 20.0. The molecule has 2 nitrogen and oxygen atoms in total. The van der Waals surface area contributed by atoms with Gasteiger partial charge in [-0.05, 0) is 24.8 Å². The van der Waals surface area contributed by atoms with Crippen molar-refractivity contribution < 1.29 is 0 Å². The minimum absolute atomic E-state index is 0.554. The first-order chi connectivity index (χ1) is 14.8. The van der Waals surface area contributed by atoms with Crippen LogP contribution in [0.3, 0.4) is 0 Å². The zero-order valence-corrected chi connectivity index (χ0v) is 20.0. The second-order valence-electron chi connectivity index (χ2n) is 9.21. The predicted octanol–water partition coefficient (Wildman–Crippen LogP) is 8.49. The van der Waals surface area contributed by atoms with Gasteiger partial charge in [0.25, 0.3) is 0 Å². The lowest BCUT2D eigenvalue weighted by molar-refractivity contribution is 0.134. The van der Waals surface area contributed by atoms with Gasteiger partial charge in [-0.1, -0.05) is 121 Å². The van der Waals surface area contributed by atoms with Crippen LogP contribution in [0.2, 0.25) is 0 Å². The van der Waals surface area contributed by atoms with Gasteiger partial charge in [-0.25, -0.2) is 0 Å². The summed E-state index contributed by atoms with van der Waals surface area (Å²) in [6.45, 7) is 6.79. The van der Waals surface area contributed by atoms with Gasteiger partial charge in [0.05, 0.1) is 0 Å². The van der Waals surface area contributed by atoms with Crippen molar-refractivity contribution in [3.63, 3.8) is 0 Å². The van der Waals surface area contributed by atoms with Crippen LogP contribution in [0.25, 0.3) is 0 Å². The second kappa shape index (κ2) is 16.3. The van der Waals surface area contributed by atoms with Gasteiger partial charge in [0, 0.05) is 25.5 Å². The molecule has 170 valence electrons. The van der Waals surface area contributed by atoms with Crippen molar-refractivity contribution in [2.24, 2.45) is 0 Å². The molecule has 2 rings (SSSR count). The standard InChI is InChI=1S/C28H48N2/c1-3-5-6-7-8-9-10-11-12-13-14-15-19-22-28-29(23-4-2)24-25-30(28)26-27-20-17-16-18-21-27/h16-18,20-21,24-25,28H,3-15,19,22-23,26H2,1-2H3. The molecular formula is C28H48N2. The van der Waals surface area contributed by atoms with Crippen LogP contribution >= 0.6 is 0 Å². The van der Waals surface area contributed by atoms with Crippen molar-refractivity contribution >= 4 is 0 Å². The quantitative estimate of drug-likeness (QED) is 0.223. The Kier molecular flexibility index (Phi) is 13.5. The third-order valence-electron chi connectivity index (χ3n) is 6.47. The fourth-order valence-electron chi connectivity index (χ4n) is 4.67. The number of benzene rings is 1. The van der Waals surface area contributed by atoms with E-state index in [4.69, 9.17) is 0 Å². The Morgan fingerprint density at radius 2 is 1.13 bits per heavy atom.